The van der Waals surface area contributed by atoms with Crippen molar-refractivity contribution in [3.63, 3.8) is 0 Å². The van der Waals surface area contributed by atoms with Gasteiger partial charge in [0.25, 0.3) is 0 Å². The second kappa shape index (κ2) is 9.04. The van der Waals surface area contributed by atoms with Gasteiger partial charge in [-0.1, -0.05) is 36.4 Å². The summed E-state index contributed by atoms with van der Waals surface area (Å²) in [6, 6.07) is 21.7. The minimum Gasteiger partial charge on any atom is -0.495 e. The molecule has 1 aliphatic heterocycles. The number of para-hydroxylation sites is 2. The number of ether oxygens (including phenoxy) is 2. The zero-order chi connectivity index (χ0) is 23.8. The number of anilines is 1. The van der Waals surface area contributed by atoms with E-state index in [1.54, 1.807) is 13.3 Å². The number of carbonyl (C=O) groups excluding carboxylic acids is 1. The third-order valence-corrected chi connectivity index (χ3v) is 6.98. The van der Waals surface area contributed by atoms with E-state index in [1.807, 2.05) is 54.6 Å². The maximum atomic E-state index is 13.3. The predicted molar refractivity (Wildman–Crippen MR) is 138 cm³/mol. The first kappa shape index (κ1) is 21.6. The van der Waals surface area contributed by atoms with E-state index < -0.39 is 0 Å². The van der Waals surface area contributed by atoms with Gasteiger partial charge in [-0.2, -0.15) is 0 Å². The van der Waals surface area contributed by atoms with E-state index in [4.69, 9.17) is 9.47 Å². The molecule has 2 aliphatic rings. The highest BCUT2D eigenvalue weighted by atomic mass is 16.5. The fourth-order valence-corrected chi connectivity index (χ4v) is 5.18. The Balaban J connectivity index is 1.13. The topological polar surface area (TPSA) is 54.9 Å². The number of pyridine rings is 1. The van der Waals surface area contributed by atoms with Crippen LogP contribution in [0, 0.1) is 0 Å². The number of aromatic nitrogens is 1. The van der Waals surface area contributed by atoms with Crippen molar-refractivity contribution in [2.45, 2.75) is 0 Å². The fourth-order valence-electron chi connectivity index (χ4n) is 5.18. The monoisotopic (exact) mass is 465 g/mol. The summed E-state index contributed by atoms with van der Waals surface area (Å²) in [5.74, 6) is 1.68. The van der Waals surface area contributed by atoms with Crippen LogP contribution in [0.5, 0.6) is 11.5 Å². The molecule has 176 valence electrons. The van der Waals surface area contributed by atoms with Crippen molar-refractivity contribution in [2.24, 2.45) is 0 Å². The van der Waals surface area contributed by atoms with Gasteiger partial charge in [0.1, 0.15) is 18.1 Å². The summed E-state index contributed by atoms with van der Waals surface area (Å²) < 4.78 is 11.7. The van der Waals surface area contributed by atoms with Crippen LogP contribution >= 0.6 is 0 Å². The van der Waals surface area contributed by atoms with Crippen LogP contribution in [-0.2, 0) is 0 Å². The Morgan fingerprint density at radius 3 is 2.49 bits per heavy atom. The molecular formula is C29H27N3O3. The molecule has 35 heavy (non-hydrogen) atoms. The van der Waals surface area contributed by atoms with E-state index >= 15 is 0 Å². The molecule has 6 rings (SSSR count). The van der Waals surface area contributed by atoms with E-state index in [0.717, 1.165) is 71.9 Å². The fraction of sp³-hybridized carbons (Fsp3) is 0.241. The van der Waals surface area contributed by atoms with E-state index in [-0.39, 0.29) is 5.78 Å². The van der Waals surface area contributed by atoms with Crippen LogP contribution < -0.4 is 14.4 Å². The highest BCUT2D eigenvalue weighted by Gasteiger charge is 2.26. The normalized spacial score (nSPS) is 15.2. The molecular weight excluding hydrogens is 438 g/mol. The number of piperazine rings is 1. The van der Waals surface area contributed by atoms with E-state index in [0.29, 0.717) is 17.7 Å². The number of carbonyl (C=O) groups is 1. The molecule has 1 aromatic heterocycles. The molecule has 2 heterocycles. The van der Waals surface area contributed by atoms with Crippen LogP contribution in [0.2, 0.25) is 0 Å². The average Bonchev–Trinajstić information content (AvgIpc) is 2.92. The van der Waals surface area contributed by atoms with Gasteiger partial charge in [0.15, 0.2) is 5.78 Å². The van der Waals surface area contributed by atoms with Crippen LogP contribution in [0.15, 0.2) is 72.9 Å². The largest absolute Gasteiger partial charge is 0.495 e. The SMILES string of the molecule is COc1ccccc1N1CCN(CCOc2cc3c4c(nccc4c2)-c2ccccc2C3=O)CC1. The first-order valence-corrected chi connectivity index (χ1v) is 12.0. The lowest BCUT2D eigenvalue weighted by molar-refractivity contribution is 0.103. The Morgan fingerprint density at radius 1 is 0.886 bits per heavy atom. The molecule has 6 heteroatoms. The summed E-state index contributed by atoms with van der Waals surface area (Å²) in [7, 11) is 1.72. The molecule has 1 fully saturated rings. The molecule has 0 amide bonds. The molecule has 0 radical (unpaired) electrons. The summed E-state index contributed by atoms with van der Waals surface area (Å²) in [6.45, 7) is 5.24. The van der Waals surface area contributed by atoms with Crippen molar-refractivity contribution < 1.29 is 14.3 Å². The van der Waals surface area contributed by atoms with Gasteiger partial charge < -0.3 is 14.4 Å². The smallest absolute Gasteiger partial charge is 0.194 e. The van der Waals surface area contributed by atoms with Gasteiger partial charge in [0, 0.05) is 61.0 Å². The molecule has 1 aliphatic carbocycles. The highest BCUT2D eigenvalue weighted by molar-refractivity contribution is 6.25. The number of rotatable bonds is 6. The van der Waals surface area contributed by atoms with Crippen molar-refractivity contribution >= 4 is 22.2 Å². The maximum Gasteiger partial charge on any atom is 0.194 e. The van der Waals surface area contributed by atoms with Gasteiger partial charge >= 0.3 is 0 Å². The van der Waals surface area contributed by atoms with E-state index in [1.165, 1.54) is 0 Å². The van der Waals surface area contributed by atoms with Gasteiger partial charge in [-0.05, 0) is 35.7 Å². The van der Waals surface area contributed by atoms with E-state index in [2.05, 4.69) is 26.9 Å². The number of nitrogens with zero attached hydrogens (tertiary/aromatic N) is 3. The van der Waals surface area contributed by atoms with Crippen LogP contribution in [0.3, 0.4) is 0 Å². The van der Waals surface area contributed by atoms with Crippen LogP contribution in [-0.4, -0.2) is 62.1 Å². The molecule has 0 unspecified atom stereocenters. The third-order valence-electron chi connectivity index (χ3n) is 6.98. The van der Waals surface area contributed by atoms with Gasteiger partial charge in [-0.15, -0.1) is 0 Å². The predicted octanol–water partition coefficient (Wildman–Crippen LogP) is 4.66. The average molecular weight is 466 g/mol. The van der Waals surface area contributed by atoms with Crippen LogP contribution in [0.25, 0.3) is 22.0 Å². The number of fused-ring (bicyclic) bond motifs is 2. The van der Waals surface area contributed by atoms with E-state index in [9.17, 15) is 4.79 Å². The standard InChI is InChI=1S/C29H27N3O3/c1-34-26-9-5-4-8-25(26)32-14-12-31(13-15-32)16-17-35-21-18-20-10-11-30-28-22-6-2-3-7-23(22)29(33)24(19-21)27(20)28/h2-11,18-19H,12-17H2,1H3. The lowest BCUT2D eigenvalue weighted by Crippen LogP contribution is -2.47. The van der Waals surface area contributed by atoms with Gasteiger partial charge in [0.2, 0.25) is 0 Å². The lowest BCUT2D eigenvalue weighted by atomic mass is 9.85. The molecule has 6 nitrogen and oxygen atoms in total. The first-order valence-electron chi connectivity index (χ1n) is 12.0. The van der Waals surface area contributed by atoms with Gasteiger partial charge in [-0.25, -0.2) is 0 Å². The van der Waals surface area contributed by atoms with Crippen LogP contribution in [0.1, 0.15) is 15.9 Å². The number of ketones is 1. The molecule has 0 atom stereocenters. The summed E-state index contributed by atoms with van der Waals surface area (Å²) >= 11 is 0. The molecule has 0 saturated carbocycles. The number of methoxy groups -OCH3 is 1. The van der Waals surface area contributed by atoms with Crippen molar-refractivity contribution in [3.8, 4) is 22.8 Å². The zero-order valence-electron chi connectivity index (χ0n) is 19.7. The summed E-state index contributed by atoms with van der Waals surface area (Å²) in [4.78, 5) is 22.6. The Labute approximate surface area is 204 Å². The van der Waals surface area contributed by atoms with Crippen molar-refractivity contribution in [3.05, 3.63) is 84.1 Å². The van der Waals surface area contributed by atoms with Gasteiger partial charge in [-0.3, -0.25) is 14.7 Å². The summed E-state index contributed by atoms with van der Waals surface area (Å²) in [5, 5.41) is 1.90. The molecule has 4 aromatic rings. The minimum absolute atomic E-state index is 0.0315. The second-order valence-corrected chi connectivity index (χ2v) is 8.95. The first-order chi connectivity index (χ1) is 17.2. The summed E-state index contributed by atoms with van der Waals surface area (Å²) in [6.07, 6.45) is 1.80. The lowest BCUT2D eigenvalue weighted by Gasteiger charge is -2.36. The maximum absolute atomic E-state index is 13.3. The number of benzene rings is 3. The van der Waals surface area contributed by atoms with Crippen molar-refractivity contribution in [1.82, 2.24) is 9.88 Å². The van der Waals surface area contributed by atoms with Crippen molar-refractivity contribution in [2.75, 3.05) is 51.3 Å². The third kappa shape index (κ3) is 3.90. The Hall–Kier alpha value is -3.90. The Bertz CT molecular complexity index is 1410. The summed E-state index contributed by atoms with van der Waals surface area (Å²) in [5.41, 5.74) is 4.29. The molecule has 0 N–H and O–H groups in total. The number of hydrogen-bond acceptors (Lipinski definition) is 6. The number of hydrogen-bond donors (Lipinski definition) is 0. The highest BCUT2D eigenvalue weighted by Crippen LogP contribution is 2.39. The Morgan fingerprint density at radius 2 is 1.66 bits per heavy atom. The van der Waals surface area contributed by atoms with Crippen LogP contribution in [0.4, 0.5) is 5.69 Å². The molecule has 0 spiro atoms. The molecule has 0 bridgehead atoms. The Kier molecular flexibility index (Phi) is 5.58. The molecule has 3 aromatic carbocycles. The quantitative estimate of drug-likeness (QED) is 0.364. The minimum atomic E-state index is 0.0315. The van der Waals surface area contributed by atoms with Crippen molar-refractivity contribution in [1.29, 1.82) is 0 Å². The zero-order valence-corrected chi connectivity index (χ0v) is 19.7. The van der Waals surface area contributed by atoms with Gasteiger partial charge in [0.05, 0.1) is 18.5 Å². The molecule has 1 saturated heterocycles. The second-order valence-electron chi connectivity index (χ2n) is 8.95.